The van der Waals surface area contributed by atoms with Gasteiger partial charge in [0.15, 0.2) is 0 Å². The molecule has 0 aromatic rings. The summed E-state index contributed by atoms with van der Waals surface area (Å²) in [7, 11) is 0. The van der Waals surface area contributed by atoms with Crippen LogP contribution in [0.25, 0.3) is 0 Å². The monoisotopic (exact) mass is 280 g/mol. The summed E-state index contributed by atoms with van der Waals surface area (Å²) < 4.78 is 0. The van der Waals surface area contributed by atoms with Gasteiger partial charge in [0, 0.05) is 31.6 Å². The lowest BCUT2D eigenvalue weighted by Gasteiger charge is -2.30. The van der Waals surface area contributed by atoms with Crippen LogP contribution in [0.1, 0.15) is 32.1 Å². The zero-order valence-electron chi connectivity index (χ0n) is 12.4. The second kappa shape index (κ2) is 6.00. The van der Waals surface area contributed by atoms with Crippen LogP contribution in [-0.4, -0.2) is 67.6 Å². The summed E-state index contributed by atoms with van der Waals surface area (Å²) >= 11 is 0. The van der Waals surface area contributed by atoms with Gasteiger partial charge < -0.3 is 20.9 Å². The fourth-order valence-electron chi connectivity index (χ4n) is 4.00. The lowest BCUT2D eigenvalue weighted by Crippen LogP contribution is -2.50. The van der Waals surface area contributed by atoms with E-state index in [4.69, 9.17) is 5.73 Å². The van der Waals surface area contributed by atoms with Crippen LogP contribution in [-0.2, 0) is 4.79 Å². The van der Waals surface area contributed by atoms with Gasteiger partial charge in [-0.1, -0.05) is 6.42 Å². The minimum atomic E-state index is -0.336. The molecule has 5 heteroatoms. The Morgan fingerprint density at radius 1 is 1.20 bits per heavy atom. The first-order valence-corrected chi connectivity index (χ1v) is 8.16. The fraction of sp³-hybridized carbons (Fsp3) is 0.933. The third-order valence-corrected chi connectivity index (χ3v) is 5.30. The number of nitrogens with two attached hydrogens (primary N) is 1. The summed E-state index contributed by atoms with van der Waals surface area (Å²) in [5, 5.41) is 3.43. The molecular formula is C15H28N4O. The van der Waals surface area contributed by atoms with Gasteiger partial charge in [-0.3, -0.25) is 4.79 Å². The van der Waals surface area contributed by atoms with Gasteiger partial charge in [-0.15, -0.1) is 0 Å². The van der Waals surface area contributed by atoms with E-state index in [2.05, 4.69) is 10.2 Å². The molecule has 5 nitrogen and oxygen atoms in total. The Morgan fingerprint density at radius 3 is 2.70 bits per heavy atom. The van der Waals surface area contributed by atoms with Crippen molar-refractivity contribution in [3.63, 3.8) is 0 Å². The van der Waals surface area contributed by atoms with Crippen molar-refractivity contribution in [3.05, 3.63) is 0 Å². The van der Waals surface area contributed by atoms with Gasteiger partial charge in [0.05, 0.1) is 6.04 Å². The SMILES string of the molecule is NC(CN1CCCCC1)C(=O)N1CCC2(CCNC2)C1. The lowest BCUT2D eigenvalue weighted by molar-refractivity contribution is -0.132. The minimum absolute atomic E-state index is 0.166. The number of nitrogens with zero attached hydrogens (tertiary/aromatic N) is 2. The van der Waals surface area contributed by atoms with Crippen LogP contribution >= 0.6 is 0 Å². The molecule has 3 aliphatic rings. The molecular weight excluding hydrogens is 252 g/mol. The van der Waals surface area contributed by atoms with E-state index >= 15 is 0 Å². The Hall–Kier alpha value is -0.650. The molecule has 2 unspecified atom stereocenters. The third kappa shape index (κ3) is 3.00. The van der Waals surface area contributed by atoms with E-state index in [1.165, 1.54) is 25.7 Å². The van der Waals surface area contributed by atoms with Gasteiger partial charge in [-0.05, 0) is 45.3 Å². The van der Waals surface area contributed by atoms with Crippen LogP contribution in [0.4, 0.5) is 0 Å². The van der Waals surface area contributed by atoms with Crippen molar-refractivity contribution in [2.75, 3.05) is 45.8 Å². The molecule has 3 aliphatic heterocycles. The van der Waals surface area contributed by atoms with E-state index in [1.807, 2.05) is 4.90 Å². The highest BCUT2D eigenvalue weighted by molar-refractivity contribution is 5.82. The van der Waals surface area contributed by atoms with Crippen molar-refractivity contribution in [3.8, 4) is 0 Å². The Labute approximate surface area is 121 Å². The first-order valence-electron chi connectivity index (χ1n) is 8.16. The van der Waals surface area contributed by atoms with Crippen molar-refractivity contribution in [1.82, 2.24) is 15.1 Å². The first-order chi connectivity index (χ1) is 9.69. The maximum absolute atomic E-state index is 12.5. The average molecular weight is 280 g/mol. The molecule has 1 spiro atoms. The largest absolute Gasteiger partial charge is 0.341 e. The van der Waals surface area contributed by atoms with Crippen LogP contribution in [0.2, 0.25) is 0 Å². The van der Waals surface area contributed by atoms with E-state index in [0.29, 0.717) is 5.41 Å². The summed E-state index contributed by atoms with van der Waals surface area (Å²) in [6, 6.07) is -0.336. The van der Waals surface area contributed by atoms with Gasteiger partial charge in [0.25, 0.3) is 0 Å². The number of amides is 1. The molecule has 0 saturated carbocycles. The minimum Gasteiger partial charge on any atom is -0.341 e. The summed E-state index contributed by atoms with van der Waals surface area (Å²) in [5.74, 6) is 0.166. The second-order valence-corrected chi connectivity index (χ2v) is 6.90. The maximum Gasteiger partial charge on any atom is 0.240 e. The Bertz CT molecular complexity index is 348. The van der Waals surface area contributed by atoms with E-state index in [9.17, 15) is 4.79 Å². The topological polar surface area (TPSA) is 61.6 Å². The second-order valence-electron chi connectivity index (χ2n) is 6.90. The van der Waals surface area contributed by atoms with E-state index < -0.39 is 0 Å². The summed E-state index contributed by atoms with van der Waals surface area (Å²) in [6.45, 7) is 6.92. The average Bonchev–Trinajstić information content (AvgIpc) is 3.10. The molecule has 0 aromatic heterocycles. The molecule has 0 aromatic carbocycles. The molecule has 0 bridgehead atoms. The zero-order chi connectivity index (χ0) is 14.0. The summed E-state index contributed by atoms with van der Waals surface area (Å²) in [6.07, 6.45) is 6.17. The smallest absolute Gasteiger partial charge is 0.240 e. The number of piperidine rings is 1. The van der Waals surface area contributed by atoms with E-state index in [0.717, 1.165) is 52.2 Å². The highest BCUT2D eigenvalue weighted by Crippen LogP contribution is 2.36. The van der Waals surface area contributed by atoms with Crippen LogP contribution in [0.3, 0.4) is 0 Å². The predicted octanol–water partition coefficient (Wildman–Crippen LogP) is 0.0116. The lowest BCUT2D eigenvalue weighted by atomic mass is 9.86. The third-order valence-electron chi connectivity index (χ3n) is 5.30. The quantitative estimate of drug-likeness (QED) is 0.765. The van der Waals surface area contributed by atoms with Crippen molar-refractivity contribution >= 4 is 5.91 Å². The van der Waals surface area contributed by atoms with Crippen LogP contribution < -0.4 is 11.1 Å². The number of likely N-dealkylation sites (tertiary alicyclic amines) is 2. The molecule has 1 amide bonds. The van der Waals surface area contributed by atoms with E-state index in [-0.39, 0.29) is 11.9 Å². The fourth-order valence-corrected chi connectivity index (χ4v) is 4.00. The number of hydrogen-bond acceptors (Lipinski definition) is 4. The van der Waals surface area contributed by atoms with Crippen LogP contribution in [0, 0.1) is 5.41 Å². The molecule has 3 heterocycles. The standard InChI is InChI=1S/C15H28N4O/c16-13(10-18-7-2-1-3-8-18)14(20)19-9-5-15(12-19)4-6-17-11-15/h13,17H,1-12,16H2. The highest BCUT2D eigenvalue weighted by Gasteiger charge is 2.42. The Kier molecular flexibility index (Phi) is 4.29. The molecule has 114 valence electrons. The Balaban J connectivity index is 1.50. The van der Waals surface area contributed by atoms with Crippen LogP contribution in [0.15, 0.2) is 0 Å². The number of hydrogen-bond donors (Lipinski definition) is 2. The van der Waals surface area contributed by atoms with Gasteiger partial charge in [-0.2, -0.15) is 0 Å². The highest BCUT2D eigenvalue weighted by atomic mass is 16.2. The molecule has 2 atom stereocenters. The first kappa shape index (κ1) is 14.3. The summed E-state index contributed by atoms with van der Waals surface area (Å²) in [4.78, 5) is 16.9. The van der Waals surface area contributed by atoms with Gasteiger partial charge in [0.1, 0.15) is 0 Å². The van der Waals surface area contributed by atoms with Gasteiger partial charge >= 0.3 is 0 Å². The zero-order valence-corrected chi connectivity index (χ0v) is 12.4. The number of carbonyl (C=O) groups excluding carboxylic acids is 1. The maximum atomic E-state index is 12.5. The van der Waals surface area contributed by atoms with Crippen molar-refractivity contribution in [2.45, 2.75) is 38.1 Å². The van der Waals surface area contributed by atoms with E-state index in [1.54, 1.807) is 0 Å². The molecule has 3 saturated heterocycles. The Morgan fingerprint density at radius 2 is 2.00 bits per heavy atom. The number of rotatable bonds is 3. The molecule has 0 radical (unpaired) electrons. The van der Waals surface area contributed by atoms with Gasteiger partial charge in [-0.25, -0.2) is 0 Å². The van der Waals surface area contributed by atoms with Crippen molar-refractivity contribution < 1.29 is 4.79 Å². The number of nitrogens with one attached hydrogen (secondary N) is 1. The van der Waals surface area contributed by atoms with Gasteiger partial charge in [0.2, 0.25) is 5.91 Å². The summed E-state index contributed by atoms with van der Waals surface area (Å²) in [5.41, 5.74) is 6.51. The predicted molar refractivity (Wildman–Crippen MR) is 79.4 cm³/mol. The molecule has 0 aliphatic carbocycles. The normalized spacial score (nSPS) is 33.0. The molecule has 3 rings (SSSR count). The molecule has 3 fully saturated rings. The van der Waals surface area contributed by atoms with Crippen molar-refractivity contribution in [2.24, 2.45) is 11.1 Å². The van der Waals surface area contributed by atoms with Crippen molar-refractivity contribution in [1.29, 1.82) is 0 Å². The molecule has 20 heavy (non-hydrogen) atoms. The molecule has 3 N–H and O–H groups in total. The van der Waals surface area contributed by atoms with Crippen LogP contribution in [0.5, 0.6) is 0 Å². The number of carbonyl (C=O) groups is 1.